The van der Waals surface area contributed by atoms with Gasteiger partial charge in [-0.25, -0.2) is 14.2 Å². The Bertz CT molecular complexity index is 688. The summed E-state index contributed by atoms with van der Waals surface area (Å²) in [5.74, 6) is -2.20. The molecule has 2 N–H and O–H groups in total. The fourth-order valence-corrected chi connectivity index (χ4v) is 1.85. The summed E-state index contributed by atoms with van der Waals surface area (Å²) >= 11 is 0. The highest BCUT2D eigenvalue weighted by atomic mass is 19.1. The molecule has 0 fully saturated rings. The molecule has 1 unspecified atom stereocenters. The molecule has 1 heterocycles. The largest absolute Gasteiger partial charge is 0.477 e. The van der Waals surface area contributed by atoms with Crippen LogP contribution in [-0.4, -0.2) is 22.0 Å². The van der Waals surface area contributed by atoms with Crippen molar-refractivity contribution in [3.63, 3.8) is 0 Å². The molecular weight excluding hydrogens is 275 g/mol. The number of carboxylic acid groups (broad SMARTS) is 1. The molecule has 0 saturated carbocycles. The Kier molecular flexibility index (Phi) is 4.27. The number of aromatic nitrogens is 1. The van der Waals surface area contributed by atoms with E-state index in [0.717, 1.165) is 0 Å². The van der Waals surface area contributed by atoms with Crippen molar-refractivity contribution in [2.24, 2.45) is 0 Å². The molecule has 21 heavy (non-hydrogen) atoms. The monoisotopic (exact) mass is 288 g/mol. The summed E-state index contributed by atoms with van der Waals surface area (Å²) in [5.41, 5.74) is 0.0968. The van der Waals surface area contributed by atoms with Crippen molar-refractivity contribution in [3.05, 3.63) is 65.2 Å². The van der Waals surface area contributed by atoms with Crippen LogP contribution in [0.2, 0.25) is 0 Å². The fourth-order valence-electron chi connectivity index (χ4n) is 1.85. The number of benzene rings is 1. The Morgan fingerprint density at radius 1 is 1.14 bits per heavy atom. The van der Waals surface area contributed by atoms with Crippen LogP contribution < -0.4 is 5.32 Å². The number of carbonyl (C=O) groups excluding carboxylic acids is 1. The first kappa shape index (κ1) is 14.6. The standard InChI is InChI=1S/C15H13FN2O3/c1-9(10-5-2-3-6-11(10)16)17-14(19)12-7-4-8-13(18-12)15(20)21/h2-9H,1H3,(H,17,19)(H,20,21). The zero-order chi connectivity index (χ0) is 15.4. The summed E-state index contributed by atoms with van der Waals surface area (Å²) in [6.07, 6.45) is 0. The van der Waals surface area contributed by atoms with Gasteiger partial charge in [-0.3, -0.25) is 4.79 Å². The lowest BCUT2D eigenvalue weighted by Crippen LogP contribution is -2.28. The maximum Gasteiger partial charge on any atom is 0.354 e. The number of aromatic carboxylic acids is 1. The Labute approximate surface area is 120 Å². The summed E-state index contributed by atoms with van der Waals surface area (Å²) in [7, 11) is 0. The predicted molar refractivity (Wildman–Crippen MR) is 73.5 cm³/mol. The second kappa shape index (κ2) is 6.13. The van der Waals surface area contributed by atoms with Crippen LogP contribution in [0.25, 0.3) is 0 Å². The van der Waals surface area contributed by atoms with E-state index in [2.05, 4.69) is 10.3 Å². The summed E-state index contributed by atoms with van der Waals surface area (Å²) in [6.45, 7) is 1.64. The van der Waals surface area contributed by atoms with Gasteiger partial charge in [-0.2, -0.15) is 0 Å². The minimum atomic E-state index is -1.22. The van der Waals surface area contributed by atoms with Gasteiger partial charge in [0.2, 0.25) is 0 Å². The second-order valence-corrected chi connectivity index (χ2v) is 4.43. The quantitative estimate of drug-likeness (QED) is 0.905. The van der Waals surface area contributed by atoms with Crippen LogP contribution in [0.5, 0.6) is 0 Å². The number of hydrogen-bond donors (Lipinski definition) is 2. The number of rotatable bonds is 4. The second-order valence-electron chi connectivity index (χ2n) is 4.43. The van der Waals surface area contributed by atoms with Gasteiger partial charge in [0.15, 0.2) is 0 Å². The Morgan fingerprint density at radius 3 is 2.48 bits per heavy atom. The molecule has 0 radical (unpaired) electrons. The molecule has 2 rings (SSSR count). The number of carbonyl (C=O) groups is 2. The molecule has 2 aromatic rings. The molecule has 1 amide bonds. The molecule has 0 saturated heterocycles. The van der Waals surface area contributed by atoms with E-state index in [1.807, 2.05) is 0 Å². The topological polar surface area (TPSA) is 79.3 Å². The highest BCUT2D eigenvalue weighted by Gasteiger charge is 2.16. The third-order valence-corrected chi connectivity index (χ3v) is 2.92. The molecule has 0 aliphatic heterocycles. The summed E-state index contributed by atoms with van der Waals surface area (Å²) in [4.78, 5) is 26.6. The average molecular weight is 288 g/mol. The van der Waals surface area contributed by atoms with Gasteiger partial charge in [-0.15, -0.1) is 0 Å². The number of carboxylic acids is 1. The van der Waals surface area contributed by atoms with E-state index in [0.29, 0.717) is 5.56 Å². The molecule has 0 aliphatic rings. The third kappa shape index (κ3) is 3.42. The van der Waals surface area contributed by atoms with E-state index >= 15 is 0 Å². The number of pyridine rings is 1. The van der Waals surface area contributed by atoms with Gasteiger partial charge in [0.05, 0.1) is 6.04 Å². The van der Waals surface area contributed by atoms with Crippen molar-refractivity contribution in [1.82, 2.24) is 10.3 Å². The number of hydrogen-bond acceptors (Lipinski definition) is 3. The summed E-state index contributed by atoms with van der Waals surface area (Å²) in [5, 5.41) is 11.4. The highest BCUT2D eigenvalue weighted by Crippen LogP contribution is 2.16. The number of halogens is 1. The number of nitrogens with zero attached hydrogens (tertiary/aromatic N) is 1. The number of nitrogens with one attached hydrogen (secondary N) is 1. The zero-order valence-electron chi connectivity index (χ0n) is 11.2. The minimum Gasteiger partial charge on any atom is -0.477 e. The normalized spacial score (nSPS) is 11.7. The molecule has 0 aliphatic carbocycles. The van der Waals surface area contributed by atoms with Gasteiger partial charge in [0.1, 0.15) is 17.2 Å². The SMILES string of the molecule is CC(NC(=O)c1cccc(C(=O)O)n1)c1ccccc1F. The average Bonchev–Trinajstić information content (AvgIpc) is 2.47. The lowest BCUT2D eigenvalue weighted by molar-refractivity contribution is 0.0690. The van der Waals surface area contributed by atoms with Gasteiger partial charge in [-0.05, 0) is 25.1 Å². The highest BCUT2D eigenvalue weighted by molar-refractivity contribution is 5.94. The van der Waals surface area contributed by atoms with Crippen molar-refractivity contribution in [3.8, 4) is 0 Å². The third-order valence-electron chi connectivity index (χ3n) is 2.92. The van der Waals surface area contributed by atoms with E-state index < -0.39 is 23.7 Å². The molecule has 108 valence electrons. The first-order valence-corrected chi connectivity index (χ1v) is 6.24. The summed E-state index contributed by atoms with van der Waals surface area (Å²) < 4.78 is 13.6. The van der Waals surface area contributed by atoms with Crippen LogP contribution in [0.1, 0.15) is 39.5 Å². The van der Waals surface area contributed by atoms with Gasteiger partial charge in [-0.1, -0.05) is 24.3 Å². The van der Waals surface area contributed by atoms with Crippen molar-refractivity contribution in [2.45, 2.75) is 13.0 Å². The molecule has 1 aromatic carbocycles. The first-order valence-electron chi connectivity index (χ1n) is 6.24. The molecular formula is C15H13FN2O3. The van der Waals surface area contributed by atoms with Crippen LogP contribution in [0, 0.1) is 5.82 Å². The van der Waals surface area contributed by atoms with E-state index in [9.17, 15) is 14.0 Å². The smallest absolute Gasteiger partial charge is 0.354 e. The van der Waals surface area contributed by atoms with Gasteiger partial charge in [0.25, 0.3) is 5.91 Å². The lowest BCUT2D eigenvalue weighted by Gasteiger charge is -2.14. The Morgan fingerprint density at radius 2 is 1.81 bits per heavy atom. The van der Waals surface area contributed by atoms with Crippen LogP contribution in [0.15, 0.2) is 42.5 Å². The molecule has 0 spiro atoms. The molecule has 6 heteroatoms. The predicted octanol–water partition coefficient (Wildman–Crippen LogP) is 2.41. The molecule has 5 nitrogen and oxygen atoms in total. The molecule has 1 atom stereocenters. The van der Waals surface area contributed by atoms with Crippen LogP contribution >= 0.6 is 0 Å². The van der Waals surface area contributed by atoms with E-state index in [1.54, 1.807) is 25.1 Å². The van der Waals surface area contributed by atoms with Gasteiger partial charge < -0.3 is 10.4 Å². The van der Waals surface area contributed by atoms with Crippen LogP contribution in [-0.2, 0) is 0 Å². The van der Waals surface area contributed by atoms with Crippen molar-refractivity contribution in [1.29, 1.82) is 0 Å². The van der Waals surface area contributed by atoms with E-state index in [1.165, 1.54) is 24.3 Å². The first-order chi connectivity index (χ1) is 9.99. The molecule has 0 bridgehead atoms. The van der Waals surface area contributed by atoms with E-state index in [4.69, 9.17) is 5.11 Å². The number of amides is 1. The van der Waals surface area contributed by atoms with Crippen molar-refractivity contribution in [2.75, 3.05) is 0 Å². The minimum absolute atomic E-state index is 0.0295. The fraction of sp³-hybridized carbons (Fsp3) is 0.133. The van der Waals surface area contributed by atoms with Crippen LogP contribution in [0.4, 0.5) is 4.39 Å². The van der Waals surface area contributed by atoms with Crippen molar-refractivity contribution < 1.29 is 19.1 Å². The zero-order valence-corrected chi connectivity index (χ0v) is 11.2. The van der Waals surface area contributed by atoms with E-state index in [-0.39, 0.29) is 11.4 Å². The van der Waals surface area contributed by atoms with Gasteiger partial charge >= 0.3 is 5.97 Å². The maximum absolute atomic E-state index is 13.6. The maximum atomic E-state index is 13.6. The molecule has 1 aromatic heterocycles. The van der Waals surface area contributed by atoms with Crippen molar-refractivity contribution >= 4 is 11.9 Å². The van der Waals surface area contributed by atoms with Crippen LogP contribution in [0.3, 0.4) is 0 Å². The summed E-state index contributed by atoms with van der Waals surface area (Å²) in [6, 6.07) is 9.67. The lowest BCUT2D eigenvalue weighted by atomic mass is 10.1. The van der Waals surface area contributed by atoms with Gasteiger partial charge in [0, 0.05) is 5.56 Å². The Balaban J connectivity index is 2.16. The Hall–Kier alpha value is -2.76.